The van der Waals surface area contributed by atoms with E-state index in [0.717, 1.165) is 17.3 Å². The SMILES string of the molecule is O=Cc1cccc(Br)c1OCCN1CCCC1. The molecule has 0 radical (unpaired) electrons. The molecule has 1 heterocycles. The Morgan fingerprint density at radius 1 is 1.35 bits per heavy atom. The minimum atomic E-state index is 0.598. The molecule has 4 heteroatoms. The van der Waals surface area contributed by atoms with Crippen molar-refractivity contribution >= 4 is 22.2 Å². The molecule has 2 rings (SSSR count). The van der Waals surface area contributed by atoms with Gasteiger partial charge in [0.1, 0.15) is 12.4 Å². The molecule has 0 amide bonds. The van der Waals surface area contributed by atoms with Gasteiger partial charge >= 0.3 is 0 Å². The van der Waals surface area contributed by atoms with Crippen molar-refractivity contribution in [3.05, 3.63) is 28.2 Å². The van der Waals surface area contributed by atoms with Crippen LogP contribution in [0.5, 0.6) is 5.75 Å². The van der Waals surface area contributed by atoms with Crippen molar-refractivity contribution in [2.75, 3.05) is 26.2 Å². The van der Waals surface area contributed by atoms with Crippen LogP contribution in [0.1, 0.15) is 23.2 Å². The van der Waals surface area contributed by atoms with Gasteiger partial charge in [0.15, 0.2) is 6.29 Å². The average molecular weight is 298 g/mol. The zero-order chi connectivity index (χ0) is 12.1. The second kappa shape index (κ2) is 6.17. The lowest BCUT2D eigenvalue weighted by Gasteiger charge is -2.16. The Kier molecular flexibility index (Phi) is 4.57. The van der Waals surface area contributed by atoms with Gasteiger partial charge in [-0.15, -0.1) is 0 Å². The number of benzene rings is 1. The topological polar surface area (TPSA) is 29.5 Å². The first kappa shape index (κ1) is 12.6. The largest absolute Gasteiger partial charge is 0.490 e. The van der Waals surface area contributed by atoms with Gasteiger partial charge in [0.2, 0.25) is 0 Å². The van der Waals surface area contributed by atoms with E-state index in [1.54, 1.807) is 6.07 Å². The standard InChI is InChI=1S/C13H16BrNO2/c14-12-5-3-4-11(10-16)13(12)17-9-8-15-6-1-2-7-15/h3-5,10H,1-2,6-9H2. The highest BCUT2D eigenvalue weighted by Crippen LogP contribution is 2.27. The minimum absolute atomic E-state index is 0.598. The lowest BCUT2D eigenvalue weighted by molar-refractivity contribution is 0.111. The third kappa shape index (κ3) is 3.30. The van der Waals surface area contributed by atoms with E-state index in [0.29, 0.717) is 17.9 Å². The van der Waals surface area contributed by atoms with Crippen LogP contribution in [-0.4, -0.2) is 37.4 Å². The summed E-state index contributed by atoms with van der Waals surface area (Å²) in [7, 11) is 0. The molecule has 0 N–H and O–H groups in total. The van der Waals surface area contributed by atoms with E-state index < -0.39 is 0 Å². The van der Waals surface area contributed by atoms with Crippen LogP contribution < -0.4 is 4.74 Å². The molecule has 3 nitrogen and oxygen atoms in total. The highest BCUT2D eigenvalue weighted by Gasteiger charge is 2.12. The molecule has 1 aliphatic rings. The van der Waals surface area contributed by atoms with Crippen LogP contribution in [0.15, 0.2) is 22.7 Å². The Balaban J connectivity index is 1.91. The van der Waals surface area contributed by atoms with E-state index in [9.17, 15) is 4.79 Å². The minimum Gasteiger partial charge on any atom is -0.490 e. The summed E-state index contributed by atoms with van der Waals surface area (Å²) >= 11 is 3.40. The Bertz CT molecular complexity index is 389. The highest BCUT2D eigenvalue weighted by molar-refractivity contribution is 9.10. The van der Waals surface area contributed by atoms with Gasteiger partial charge in [0, 0.05) is 6.54 Å². The Morgan fingerprint density at radius 2 is 2.12 bits per heavy atom. The van der Waals surface area contributed by atoms with Gasteiger partial charge in [-0.05, 0) is 54.0 Å². The van der Waals surface area contributed by atoms with Gasteiger partial charge in [-0.1, -0.05) is 6.07 Å². The molecule has 1 aromatic rings. The molecule has 0 bridgehead atoms. The number of para-hydroxylation sites is 1. The fraction of sp³-hybridized carbons (Fsp3) is 0.462. The third-order valence-corrected chi connectivity index (χ3v) is 3.60. The van der Waals surface area contributed by atoms with E-state index in [-0.39, 0.29) is 0 Å². The van der Waals surface area contributed by atoms with Crippen molar-refractivity contribution in [3.63, 3.8) is 0 Å². The van der Waals surface area contributed by atoms with E-state index in [1.165, 1.54) is 25.9 Å². The van der Waals surface area contributed by atoms with Crippen LogP contribution in [-0.2, 0) is 0 Å². The van der Waals surface area contributed by atoms with Crippen LogP contribution in [0.25, 0.3) is 0 Å². The van der Waals surface area contributed by atoms with E-state index in [4.69, 9.17) is 4.74 Å². The number of hydrogen-bond donors (Lipinski definition) is 0. The first-order valence-corrected chi connectivity index (χ1v) is 6.69. The number of carbonyl (C=O) groups excluding carboxylic acids is 1. The molecule has 1 aliphatic heterocycles. The first-order chi connectivity index (χ1) is 8.31. The molecule has 0 unspecified atom stereocenters. The van der Waals surface area contributed by atoms with E-state index in [1.807, 2.05) is 12.1 Å². The molecular weight excluding hydrogens is 282 g/mol. The fourth-order valence-electron chi connectivity index (χ4n) is 2.05. The summed E-state index contributed by atoms with van der Waals surface area (Å²) in [6.45, 7) is 3.89. The molecule has 0 spiro atoms. The zero-order valence-corrected chi connectivity index (χ0v) is 11.3. The van der Waals surface area contributed by atoms with Gasteiger partial charge in [-0.2, -0.15) is 0 Å². The molecule has 92 valence electrons. The van der Waals surface area contributed by atoms with Crippen molar-refractivity contribution < 1.29 is 9.53 Å². The van der Waals surface area contributed by atoms with Crippen LogP contribution in [0.2, 0.25) is 0 Å². The fourth-order valence-corrected chi connectivity index (χ4v) is 2.55. The van der Waals surface area contributed by atoms with Crippen LogP contribution >= 0.6 is 15.9 Å². The Hall–Kier alpha value is -0.870. The van der Waals surface area contributed by atoms with Crippen molar-refractivity contribution in [2.45, 2.75) is 12.8 Å². The average Bonchev–Trinajstić information content (AvgIpc) is 2.84. The molecule has 0 aromatic heterocycles. The summed E-state index contributed by atoms with van der Waals surface area (Å²) in [4.78, 5) is 13.3. The molecule has 0 aliphatic carbocycles. The number of ether oxygens (including phenoxy) is 1. The smallest absolute Gasteiger partial charge is 0.153 e. The lowest BCUT2D eigenvalue weighted by Crippen LogP contribution is -2.25. The maximum atomic E-state index is 10.9. The third-order valence-electron chi connectivity index (χ3n) is 2.98. The van der Waals surface area contributed by atoms with Crippen molar-refractivity contribution in [1.82, 2.24) is 4.90 Å². The second-order valence-electron chi connectivity index (χ2n) is 4.17. The molecule has 1 aromatic carbocycles. The quantitative estimate of drug-likeness (QED) is 0.783. The van der Waals surface area contributed by atoms with E-state index >= 15 is 0 Å². The summed E-state index contributed by atoms with van der Waals surface area (Å²) < 4.78 is 6.54. The van der Waals surface area contributed by atoms with E-state index in [2.05, 4.69) is 20.8 Å². The summed E-state index contributed by atoms with van der Waals surface area (Å²) in [6, 6.07) is 5.49. The lowest BCUT2D eigenvalue weighted by atomic mass is 10.2. The Labute approximate surface area is 110 Å². The predicted molar refractivity (Wildman–Crippen MR) is 70.7 cm³/mol. The van der Waals surface area contributed by atoms with Gasteiger partial charge in [0.05, 0.1) is 10.0 Å². The van der Waals surface area contributed by atoms with Crippen LogP contribution in [0, 0.1) is 0 Å². The number of aldehydes is 1. The van der Waals surface area contributed by atoms with Crippen LogP contribution in [0.3, 0.4) is 0 Å². The van der Waals surface area contributed by atoms with Crippen molar-refractivity contribution in [1.29, 1.82) is 0 Å². The number of hydrogen-bond acceptors (Lipinski definition) is 3. The maximum Gasteiger partial charge on any atom is 0.153 e. The monoisotopic (exact) mass is 297 g/mol. The van der Waals surface area contributed by atoms with Crippen molar-refractivity contribution in [3.8, 4) is 5.75 Å². The number of halogens is 1. The first-order valence-electron chi connectivity index (χ1n) is 5.90. The summed E-state index contributed by atoms with van der Waals surface area (Å²) in [5.74, 6) is 0.654. The van der Waals surface area contributed by atoms with Gasteiger partial charge in [-0.3, -0.25) is 9.69 Å². The zero-order valence-electron chi connectivity index (χ0n) is 9.69. The normalized spacial score (nSPS) is 16.1. The van der Waals surface area contributed by atoms with Gasteiger partial charge < -0.3 is 4.74 Å². The molecule has 1 saturated heterocycles. The number of carbonyl (C=O) groups is 1. The number of nitrogens with zero attached hydrogens (tertiary/aromatic N) is 1. The molecule has 17 heavy (non-hydrogen) atoms. The Morgan fingerprint density at radius 3 is 2.82 bits per heavy atom. The molecule has 0 saturated carbocycles. The summed E-state index contributed by atoms with van der Waals surface area (Å²) in [5.41, 5.74) is 0.598. The summed E-state index contributed by atoms with van der Waals surface area (Å²) in [5, 5.41) is 0. The van der Waals surface area contributed by atoms with Crippen molar-refractivity contribution in [2.24, 2.45) is 0 Å². The van der Waals surface area contributed by atoms with Gasteiger partial charge in [0.25, 0.3) is 0 Å². The molecular formula is C13H16BrNO2. The molecule has 0 atom stereocenters. The van der Waals surface area contributed by atoms with Crippen LogP contribution in [0.4, 0.5) is 0 Å². The highest BCUT2D eigenvalue weighted by atomic mass is 79.9. The molecule has 1 fully saturated rings. The number of rotatable bonds is 5. The summed E-state index contributed by atoms with van der Waals surface area (Å²) in [6.07, 6.45) is 3.40. The predicted octanol–water partition coefficient (Wildman–Crippen LogP) is 2.74. The van der Waals surface area contributed by atoms with Gasteiger partial charge in [-0.25, -0.2) is 0 Å². The maximum absolute atomic E-state index is 10.9. The number of likely N-dealkylation sites (tertiary alicyclic amines) is 1. The second-order valence-corrected chi connectivity index (χ2v) is 5.03.